The van der Waals surface area contributed by atoms with Crippen LogP contribution >= 0.6 is 0 Å². The van der Waals surface area contributed by atoms with E-state index in [0.717, 1.165) is 11.9 Å². The number of rotatable bonds is 5. The third-order valence-corrected chi connectivity index (χ3v) is 4.78. The molecule has 0 saturated carbocycles. The predicted octanol–water partition coefficient (Wildman–Crippen LogP) is 2.53. The first-order valence-electron chi connectivity index (χ1n) is 8.69. The molecule has 0 bridgehead atoms. The summed E-state index contributed by atoms with van der Waals surface area (Å²) in [4.78, 5) is 13.0. The zero-order valence-corrected chi connectivity index (χ0v) is 16.5. The van der Waals surface area contributed by atoms with Gasteiger partial charge in [0, 0.05) is 22.8 Å². The summed E-state index contributed by atoms with van der Waals surface area (Å²) in [5, 5.41) is 15.8. The van der Waals surface area contributed by atoms with E-state index in [0.29, 0.717) is 33.8 Å². The van der Waals surface area contributed by atoms with Crippen molar-refractivity contribution < 1.29 is 8.42 Å². The fourth-order valence-corrected chi connectivity index (χ4v) is 3.51. The molecule has 148 valence electrons. The number of benzene rings is 2. The Morgan fingerprint density at radius 2 is 1.72 bits per heavy atom. The van der Waals surface area contributed by atoms with Crippen LogP contribution in [-0.4, -0.2) is 34.7 Å². The minimum Gasteiger partial charge on any atom is -0.321 e. The van der Waals surface area contributed by atoms with Crippen molar-refractivity contribution in [2.24, 2.45) is 0 Å². The van der Waals surface area contributed by atoms with Crippen LogP contribution in [0, 0.1) is 6.92 Å². The molecule has 0 spiro atoms. The second-order valence-corrected chi connectivity index (χ2v) is 8.34. The highest BCUT2D eigenvalue weighted by Gasteiger charge is 2.13. The number of hydrogen-bond donors (Lipinski definition) is 3. The van der Waals surface area contributed by atoms with Crippen molar-refractivity contribution in [3.8, 4) is 5.69 Å². The maximum atomic E-state index is 13.0. The van der Waals surface area contributed by atoms with E-state index < -0.39 is 10.0 Å². The van der Waals surface area contributed by atoms with Crippen LogP contribution in [0.25, 0.3) is 16.5 Å². The molecule has 29 heavy (non-hydrogen) atoms. The Labute approximate surface area is 166 Å². The molecule has 0 aliphatic heterocycles. The topological polar surface area (TPSA) is 122 Å². The summed E-state index contributed by atoms with van der Waals surface area (Å²) in [6, 6.07) is 15.4. The van der Waals surface area contributed by atoms with Crippen LogP contribution in [0.1, 0.15) is 5.69 Å². The highest BCUT2D eigenvalue weighted by atomic mass is 32.2. The molecular weight excluding hydrogens is 392 g/mol. The van der Waals surface area contributed by atoms with Gasteiger partial charge in [-0.15, -0.1) is 5.10 Å². The highest BCUT2D eigenvalue weighted by Crippen LogP contribution is 2.23. The van der Waals surface area contributed by atoms with Crippen LogP contribution in [0.15, 0.2) is 59.4 Å². The summed E-state index contributed by atoms with van der Waals surface area (Å²) in [5.41, 5.74) is 1.50. The predicted molar refractivity (Wildman–Crippen MR) is 112 cm³/mol. The van der Waals surface area contributed by atoms with Crippen LogP contribution < -0.4 is 15.6 Å². The van der Waals surface area contributed by atoms with Crippen molar-refractivity contribution in [3.05, 3.63) is 70.6 Å². The highest BCUT2D eigenvalue weighted by molar-refractivity contribution is 7.92. The minimum absolute atomic E-state index is 0.284. The number of aromatic nitrogens is 4. The van der Waals surface area contributed by atoms with E-state index in [1.165, 1.54) is 4.68 Å². The van der Waals surface area contributed by atoms with E-state index >= 15 is 0 Å². The van der Waals surface area contributed by atoms with E-state index in [4.69, 9.17) is 0 Å². The number of sulfonamides is 1. The molecule has 2 heterocycles. The quantitative estimate of drug-likeness (QED) is 0.465. The van der Waals surface area contributed by atoms with E-state index in [2.05, 4.69) is 25.3 Å². The first-order valence-corrected chi connectivity index (χ1v) is 10.6. The third kappa shape index (κ3) is 3.97. The summed E-state index contributed by atoms with van der Waals surface area (Å²) in [7, 11) is -3.39. The number of fused-ring (bicyclic) bond motifs is 1. The fourth-order valence-electron chi connectivity index (χ4n) is 2.94. The first-order chi connectivity index (χ1) is 13.8. The molecule has 2 aromatic heterocycles. The monoisotopic (exact) mass is 410 g/mol. The van der Waals surface area contributed by atoms with Gasteiger partial charge in [0.2, 0.25) is 10.0 Å². The molecule has 0 saturated heterocycles. The molecule has 0 atom stereocenters. The van der Waals surface area contributed by atoms with E-state index in [1.807, 2.05) is 25.1 Å². The number of anilines is 3. The normalized spacial score (nSPS) is 11.5. The van der Waals surface area contributed by atoms with Crippen LogP contribution in [-0.2, 0) is 10.0 Å². The largest absolute Gasteiger partial charge is 0.321 e. The summed E-state index contributed by atoms with van der Waals surface area (Å²) >= 11 is 0. The van der Waals surface area contributed by atoms with Gasteiger partial charge in [0.05, 0.1) is 17.3 Å². The number of aryl methyl sites for hydroxylation is 1. The minimum atomic E-state index is -3.39. The lowest BCUT2D eigenvalue weighted by Gasteiger charge is -2.12. The van der Waals surface area contributed by atoms with Crippen molar-refractivity contribution in [1.82, 2.24) is 20.0 Å². The Bertz CT molecular complexity index is 1360. The lowest BCUT2D eigenvalue weighted by Crippen LogP contribution is -2.22. The molecule has 9 nitrogen and oxygen atoms in total. The lowest BCUT2D eigenvalue weighted by molar-refractivity contribution is 0.607. The standard InChI is InChI=1S/C19H18N6O3S/c1-12-11-17(22-21-12)20-18-15-5-3-4-6-16(15)19(26)25(23-18)14-9-7-13(8-10-14)24-29(2,27)28/h3-11,24H,1-2H3,(H2,20,21,22,23). The van der Waals surface area contributed by atoms with Gasteiger partial charge in [0.15, 0.2) is 11.6 Å². The summed E-state index contributed by atoms with van der Waals surface area (Å²) in [5.74, 6) is 1.06. The summed E-state index contributed by atoms with van der Waals surface area (Å²) < 4.78 is 26.4. The second-order valence-electron chi connectivity index (χ2n) is 6.59. The third-order valence-electron chi connectivity index (χ3n) is 4.17. The number of hydrogen-bond acceptors (Lipinski definition) is 6. The number of aromatic amines is 1. The van der Waals surface area contributed by atoms with Gasteiger partial charge in [-0.1, -0.05) is 18.2 Å². The molecule has 0 radical (unpaired) electrons. The SMILES string of the molecule is Cc1cc(Nc2nn(-c3ccc(NS(C)(=O)=O)cc3)c(=O)c3ccccc23)n[nH]1. The van der Waals surface area contributed by atoms with Gasteiger partial charge in [-0.3, -0.25) is 14.6 Å². The van der Waals surface area contributed by atoms with Crippen LogP contribution in [0.2, 0.25) is 0 Å². The zero-order chi connectivity index (χ0) is 20.6. The smallest absolute Gasteiger partial charge is 0.279 e. The molecule has 0 fully saturated rings. The average Bonchev–Trinajstić information content (AvgIpc) is 3.08. The molecule has 3 N–H and O–H groups in total. The van der Waals surface area contributed by atoms with Crippen molar-refractivity contribution in [3.63, 3.8) is 0 Å². The van der Waals surface area contributed by atoms with Crippen LogP contribution in [0.4, 0.5) is 17.3 Å². The molecule has 0 amide bonds. The molecule has 0 unspecified atom stereocenters. The zero-order valence-electron chi connectivity index (χ0n) is 15.7. The molecule has 10 heteroatoms. The van der Waals surface area contributed by atoms with E-state index in [-0.39, 0.29) is 5.56 Å². The Hall–Kier alpha value is -3.66. The van der Waals surface area contributed by atoms with Crippen molar-refractivity contribution >= 4 is 38.1 Å². The summed E-state index contributed by atoms with van der Waals surface area (Å²) in [6.45, 7) is 1.89. The Morgan fingerprint density at radius 1 is 1.03 bits per heavy atom. The maximum absolute atomic E-state index is 13.0. The van der Waals surface area contributed by atoms with Gasteiger partial charge < -0.3 is 5.32 Å². The first kappa shape index (κ1) is 18.7. The van der Waals surface area contributed by atoms with Gasteiger partial charge in [-0.25, -0.2) is 8.42 Å². The number of nitrogens with zero attached hydrogens (tertiary/aromatic N) is 3. The van der Waals surface area contributed by atoms with Crippen molar-refractivity contribution in [2.75, 3.05) is 16.3 Å². The van der Waals surface area contributed by atoms with Crippen molar-refractivity contribution in [2.45, 2.75) is 6.92 Å². The number of H-pyrrole nitrogens is 1. The summed E-state index contributed by atoms with van der Waals surface area (Å²) in [6.07, 6.45) is 1.07. The lowest BCUT2D eigenvalue weighted by atomic mass is 10.2. The van der Waals surface area contributed by atoms with Crippen molar-refractivity contribution in [1.29, 1.82) is 0 Å². The Morgan fingerprint density at radius 3 is 2.34 bits per heavy atom. The molecule has 4 aromatic rings. The van der Waals surface area contributed by atoms with Crippen LogP contribution in [0.5, 0.6) is 0 Å². The van der Waals surface area contributed by atoms with Gasteiger partial charge >= 0.3 is 0 Å². The molecule has 0 aliphatic rings. The number of nitrogens with one attached hydrogen (secondary N) is 3. The van der Waals surface area contributed by atoms with Gasteiger partial charge in [-0.2, -0.15) is 9.78 Å². The van der Waals surface area contributed by atoms with Gasteiger partial charge in [0.25, 0.3) is 5.56 Å². The van der Waals surface area contributed by atoms with Crippen LogP contribution in [0.3, 0.4) is 0 Å². The van der Waals surface area contributed by atoms with E-state index in [9.17, 15) is 13.2 Å². The second kappa shape index (κ2) is 7.06. The molecule has 4 rings (SSSR count). The molecule has 2 aromatic carbocycles. The molecule has 0 aliphatic carbocycles. The fraction of sp³-hybridized carbons (Fsp3) is 0.105. The Kier molecular flexibility index (Phi) is 4.55. The Balaban J connectivity index is 1.82. The van der Waals surface area contributed by atoms with Gasteiger partial charge in [0.1, 0.15) is 0 Å². The van der Waals surface area contributed by atoms with Gasteiger partial charge in [-0.05, 0) is 37.3 Å². The molecular formula is C19H18N6O3S. The van der Waals surface area contributed by atoms with E-state index in [1.54, 1.807) is 36.4 Å². The average molecular weight is 410 g/mol. The maximum Gasteiger partial charge on any atom is 0.279 e.